The number of benzene rings is 1. The Labute approximate surface area is 67.7 Å². The summed E-state index contributed by atoms with van der Waals surface area (Å²) in [7, 11) is 0. The molecule has 0 spiro atoms. The van der Waals surface area contributed by atoms with Gasteiger partial charge in [-0.2, -0.15) is 0 Å². The molecule has 1 rings (SSSR count). The first-order valence-electron chi connectivity index (χ1n) is 2.35. The monoisotopic (exact) mass is 211 g/mol. The van der Waals surface area contributed by atoms with E-state index in [1.54, 1.807) is 18.2 Å². The Balaban J connectivity index is 0.000000640. The predicted molar refractivity (Wildman–Crippen MR) is 30.7 cm³/mol. The molecule has 0 fully saturated rings. The van der Waals surface area contributed by atoms with Crippen molar-refractivity contribution in [3.63, 3.8) is 0 Å². The van der Waals surface area contributed by atoms with Crippen molar-refractivity contribution in [2.45, 2.75) is 0 Å². The molecule has 0 unspecified atom stereocenters. The molecule has 0 aromatic heterocycles. The summed E-state index contributed by atoms with van der Waals surface area (Å²) < 4.78 is 0. The molecule has 0 saturated carbocycles. The van der Waals surface area contributed by atoms with E-state index in [-0.39, 0.29) is 20.4 Å². The topological polar surface area (TPSA) is 17.1 Å². The van der Waals surface area contributed by atoms with E-state index in [1.807, 2.05) is 6.07 Å². The third kappa shape index (κ3) is 2.55. The molecule has 2 heteroatoms. The van der Waals surface area contributed by atoms with E-state index in [1.165, 1.54) is 0 Å². The van der Waals surface area contributed by atoms with Crippen LogP contribution < -0.4 is 0 Å². The molecule has 0 heterocycles. The summed E-state index contributed by atoms with van der Waals surface area (Å²) in [5.74, 6) is 0. The predicted octanol–water partition coefficient (Wildman–Crippen LogP) is 1.30. The van der Waals surface area contributed by atoms with Gasteiger partial charge in [-0.25, -0.2) is 0 Å². The van der Waals surface area contributed by atoms with E-state index < -0.39 is 0 Å². The van der Waals surface area contributed by atoms with E-state index >= 15 is 0 Å². The maximum atomic E-state index is 9.98. The van der Waals surface area contributed by atoms with Gasteiger partial charge in [0.05, 0.1) is 6.29 Å². The summed E-state index contributed by atoms with van der Waals surface area (Å²) in [5, 5.41) is 0. The van der Waals surface area contributed by atoms with Crippen molar-refractivity contribution in [1.82, 2.24) is 0 Å². The molecule has 0 aliphatic heterocycles. The van der Waals surface area contributed by atoms with Crippen molar-refractivity contribution in [2.75, 3.05) is 0 Å². The normalized spacial score (nSPS) is 7.56. The van der Waals surface area contributed by atoms with Gasteiger partial charge in [0.1, 0.15) is 0 Å². The van der Waals surface area contributed by atoms with Gasteiger partial charge in [-0.3, -0.25) is 0 Å². The van der Waals surface area contributed by atoms with Gasteiger partial charge < -0.3 is 4.79 Å². The fraction of sp³-hybridized carbons (Fsp3) is 0. The number of hydrogen-bond acceptors (Lipinski definition) is 1. The minimum absolute atomic E-state index is 0. The van der Waals surface area contributed by atoms with Crippen LogP contribution in [0.1, 0.15) is 10.4 Å². The zero-order valence-electron chi connectivity index (χ0n) is 4.61. The second-order valence-electron chi connectivity index (χ2n) is 1.44. The summed E-state index contributed by atoms with van der Waals surface area (Å²) in [6, 6.07) is 9.81. The van der Waals surface area contributed by atoms with Crippen LogP contribution >= 0.6 is 0 Å². The van der Waals surface area contributed by atoms with Crippen molar-refractivity contribution < 1.29 is 25.2 Å². The molecule has 0 radical (unpaired) electrons. The summed E-state index contributed by atoms with van der Waals surface area (Å²) in [6.45, 7) is 0. The maximum absolute atomic E-state index is 9.98. The van der Waals surface area contributed by atoms with Gasteiger partial charge >= 0.3 is 0 Å². The second kappa shape index (κ2) is 4.43. The van der Waals surface area contributed by atoms with Crippen LogP contribution in [0.3, 0.4) is 0 Å². The van der Waals surface area contributed by atoms with E-state index in [2.05, 4.69) is 6.07 Å². The van der Waals surface area contributed by atoms with Crippen LogP contribution in [0.2, 0.25) is 0 Å². The van der Waals surface area contributed by atoms with Crippen molar-refractivity contribution in [3.8, 4) is 0 Å². The van der Waals surface area contributed by atoms with Crippen LogP contribution in [-0.2, 0) is 20.4 Å². The third-order valence-corrected chi connectivity index (χ3v) is 0.860. The van der Waals surface area contributed by atoms with Gasteiger partial charge in [0.25, 0.3) is 0 Å². The smallest absolute Gasteiger partial charge is 0.0655 e. The number of hydrogen-bond donors (Lipinski definition) is 0. The first kappa shape index (κ1) is 8.55. The van der Waals surface area contributed by atoms with Crippen LogP contribution in [-0.4, -0.2) is 6.29 Å². The van der Waals surface area contributed by atoms with E-state index in [0.717, 1.165) is 6.29 Å². The average Bonchev–Trinajstić information content (AvgIpc) is 1.90. The summed E-state index contributed by atoms with van der Waals surface area (Å²) in [5.41, 5.74) is 0.604. The quantitative estimate of drug-likeness (QED) is 0.389. The molecule has 0 saturated heterocycles. The number of carbonyl (C=O) groups excluding carboxylic acids is 1. The number of rotatable bonds is 1. The van der Waals surface area contributed by atoms with Crippen LogP contribution in [0.15, 0.2) is 24.3 Å². The molecular weight excluding hydrogens is 206 g/mol. The van der Waals surface area contributed by atoms with Crippen molar-refractivity contribution in [1.29, 1.82) is 0 Å². The van der Waals surface area contributed by atoms with E-state index in [0.29, 0.717) is 5.56 Å². The summed E-state index contributed by atoms with van der Waals surface area (Å²) in [6.07, 6.45) is 0.778. The Hall–Kier alpha value is -0.448. The number of carbonyl (C=O) groups is 1. The first-order chi connectivity index (χ1) is 3.93. The molecule has 0 bridgehead atoms. The number of aldehydes is 1. The zero-order valence-corrected chi connectivity index (χ0v) is 6.17. The molecule has 1 aromatic carbocycles. The molecule has 0 aliphatic rings. The molecule has 0 aliphatic carbocycles. The van der Waals surface area contributed by atoms with Crippen molar-refractivity contribution >= 4 is 6.29 Å². The molecule has 1 aromatic rings. The minimum atomic E-state index is 0. The standard InChI is InChI=1S/C7H5O.Pd/c8-6-7-4-2-1-3-5-7;/h1-4,6H;/q-1;. The van der Waals surface area contributed by atoms with Gasteiger partial charge in [-0.1, -0.05) is 0 Å². The van der Waals surface area contributed by atoms with Gasteiger partial charge in [0.2, 0.25) is 0 Å². The Morgan fingerprint density at radius 1 is 1.44 bits per heavy atom. The van der Waals surface area contributed by atoms with E-state index in [4.69, 9.17) is 0 Å². The molecule has 0 atom stereocenters. The largest absolute Gasteiger partial charge is 0.355 e. The van der Waals surface area contributed by atoms with Gasteiger partial charge in [0.15, 0.2) is 0 Å². The van der Waals surface area contributed by atoms with Crippen LogP contribution in [0.25, 0.3) is 0 Å². The molecule has 0 amide bonds. The Bertz CT molecular complexity index is 172. The second-order valence-corrected chi connectivity index (χ2v) is 1.44. The van der Waals surface area contributed by atoms with Crippen LogP contribution in [0, 0.1) is 6.07 Å². The van der Waals surface area contributed by atoms with Crippen LogP contribution in [0.5, 0.6) is 0 Å². The first-order valence-corrected chi connectivity index (χ1v) is 2.35. The molecule has 0 N–H and O–H groups in total. The van der Waals surface area contributed by atoms with Crippen molar-refractivity contribution in [3.05, 3.63) is 35.9 Å². The molecule has 1 nitrogen and oxygen atoms in total. The Morgan fingerprint density at radius 3 is 2.56 bits per heavy atom. The van der Waals surface area contributed by atoms with Crippen molar-refractivity contribution in [2.24, 2.45) is 0 Å². The Kier molecular flexibility index (Phi) is 4.21. The minimum Gasteiger partial charge on any atom is -0.355 e. The molecule has 9 heavy (non-hydrogen) atoms. The van der Waals surface area contributed by atoms with E-state index in [9.17, 15) is 4.79 Å². The molecule has 50 valence electrons. The maximum Gasteiger partial charge on any atom is 0.0655 e. The van der Waals surface area contributed by atoms with Gasteiger partial charge in [-0.15, -0.1) is 35.9 Å². The third-order valence-electron chi connectivity index (χ3n) is 0.860. The van der Waals surface area contributed by atoms with Crippen LogP contribution in [0.4, 0.5) is 0 Å². The fourth-order valence-electron chi connectivity index (χ4n) is 0.481. The zero-order chi connectivity index (χ0) is 5.82. The average molecular weight is 212 g/mol. The fourth-order valence-corrected chi connectivity index (χ4v) is 0.481. The van der Waals surface area contributed by atoms with Gasteiger partial charge in [-0.05, 0) is 0 Å². The van der Waals surface area contributed by atoms with Gasteiger partial charge in [0, 0.05) is 20.4 Å². The summed E-state index contributed by atoms with van der Waals surface area (Å²) in [4.78, 5) is 9.98. The summed E-state index contributed by atoms with van der Waals surface area (Å²) >= 11 is 0. The Morgan fingerprint density at radius 2 is 2.22 bits per heavy atom. The molecular formula is C7H5OPd-. The SMILES string of the molecule is O=Cc1[c-]cccc1.[Pd].